The molecule has 7 nitrogen and oxygen atoms in total. The molecule has 1 aromatic carbocycles. The molecule has 1 amide bonds. The molecule has 4 rings (SSSR count). The number of likely N-dealkylation sites (N-methyl/N-ethyl adjacent to an activating group) is 1. The Labute approximate surface area is 163 Å². The molecule has 1 aliphatic heterocycles. The van der Waals surface area contributed by atoms with E-state index in [-0.39, 0.29) is 5.91 Å². The summed E-state index contributed by atoms with van der Waals surface area (Å²) in [5, 5.41) is 0. The summed E-state index contributed by atoms with van der Waals surface area (Å²) in [4.78, 5) is 25.1. The first-order chi connectivity index (χ1) is 13.7. The fourth-order valence-electron chi connectivity index (χ4n) is 3.36. The van der Waals surface area contributed by atoms with Crippen LogP contribution < -0.4 is 9.80 Å². The summed E-state index contributed by atoms with van der Waals surface area (Å²) in [6.07, 6.45) is 2.97. The van der Waals surface area contributed by atoms with Gasteiger partial charge in [-0.1, -0.05) is 36.9 Å². The van der Waals surface area contributed by atoms with Crippen LogP contribution in [-0.2, 0) is 16.1 Å². The van der Waals surface area contributed by atoms with E-state index in [1.807, 2.05) is 24.3 Å². The maximum atomic E-state index is 12.0. The highest BCUT2D eigenvalue weighted by Crippen LogP contribution is 2.27. The summed E-state index contributed by atoms with van der Waals surface area (Å²) in [5.41, 5.74) is 3.45. The van der Waals surface area contributed by atoms with E-state index >= 15 is 0 Å². The first-order valence-electron chi connectivity index (χ1n) is 9.30. The Kier molecular flexibility index (Phi) is 5.08. The van der Waals surface area contributed by atoms with Crippen LogP contribution in [0.4, 0.5) is 11.6 Å². The Morgan fingerprint density at radius 2 is 2.04 bits per heavy atom. The molecule has 1 saturated heterocycles. The van der Waals surface area contributed by atoms with E-state index in [0.29, 0.717) is 31.1 Å². The Hall–Kier alpha value is -3.19. The van der Waals surface area contributed by atoms with Crippen molar-refractivity contribution in [2.45, 2.75) is 6.54 Å². The molecule has 3 heterocycles. The quantitative estimate of drug-likeness (QED) is 0.639. The van der Waals surface area contributed by atoms with Crippen molar-refractivity contribution in [1.29, 1.82) is 0 Å². The number of carbonyl (C=O) groups is 1. The number of ether oxygens (including phenoxy) is 1. The summed E-state index contributed by atoms with van der Waals surface area (Å²) in [5.74, 6) is 0.702. The average Bonchev–Trinajstić information content (AvgIpc) is 3.11. The highest BCUT2D eigenvalue weighted by atomic mass is 16.5. The van der Waals surface area contributed by atoms with Crippen molar-refractivity contribution in [1.82, 2.24) is 14.5 Å². The van der Waals surface area contributed by atoms with Crippen LogP contribution in [0.2, 0.25) is 0 Å². The van der Waals surface area contributed by atoms with Gasteiger partial charge >= 0.3 is 0 Å². The molecule has 28 heavy (non-hydrogen) atoms. The fourth-order valence-corrected chi connectivity index (χ4v) is 3.36. The lowest BCUT2D eigenvalue weighted by atomic mass is 10.2. The molecule has 3 aromatic rings. The zero-order chi connectivity index (χ0) is 19.5. The number of imidazole rings is 1. The normalized spacial score (nSPS) is 14.2. The van der Waals surface area contributed by atoms with Gasteiger partial charge in [-0.05, 0) is 17.7 Å². The third-order valence-electron chi connectivity index (χ3n) is 4.94. The Morgan fingerprint density at radius 1 is 1.29 bits per heavy atom. The van der Waals surface area contributed by atoms with Crippen molar-refractivity contribution in [2.24, 2.45) is 0 Å². The standard InChI is InChI=1S/C21H23N5O2/c1-3-19(27)24(2)17-13-18-20(22-14-17)23-21(25-9-11-28-12-10-25)26(18)15-16-7-5-4-6-8-16/h3-8,13-14H,1,9-12,15H2,2H3. The number of carbonyl (C=O) groups excluding carboxylic acids is 1. The number of morpholine rings is 1. The third kappa shape index (κ3) is 3.48. The summed E-state index contributed by atoms with van der Waals surface area (Å²) >= 11 is 0. The number of amides is 1. The van der Waals surface area contributed by atoms with Gasteiger partial charge in [0.05, 0.1) is 37.2 Å². The molecule has 144 valence electrons. The predicted molar refractivity (Wildman–Crippen MR) is 110 cm³/mol. The number of rotatable bonds is 5. The topological polar surface area (TPSA) is 63.5 Å². The molecule has 1 fully saturated rings. The molecule has 0 N–H and O–H groups in total. The first-order valence-corrected chi connectivity index (χ1v) is 9.30. The van der Waals surface area contributed by atoms with Gasteiger partial charge in [-0.15, -0.1) is 0 Å². The number of benzene rings is 1. The Morgan fingerprint density at radius 3 is 2.75 bits per heavy atom. The van der Waals surface area contributed by atoms with Crippen molar-refractivity contribution in [3.63, 3.8) is 0 Å². The van der Waals surface area contributed by atoms with Crippen molar-refractivity contribution in [3.8, 4) is 0 Å². The second kappa shape index (κ2) is 7.82. The summed E-state index contributed by atoms with van der Waals surface area (Å²) < 4.78 is 7.66. The maximum absolute atomic E-state index is 12.0. The Balaban J connectivity index is 1.81. The van der Waals surface area contributed by atoms with Crippen LogP contribution >= 0.6 is 0 Å². The minimum Gasteiger partial charge on any atom is -0.378 e. The van der Waals surface area contributed by atoms with E-state index < -0.39 is 0 Å². The number of fused-ring (bicyclic) bond motifs is 1. The van der Waals surface area contributed by atoms with E-state index in [1.165, 1.54) is 16.5 Å². The molecule has 0 spiro atoms. The molecule has 1 aliphatic rings. The minimum absolute atomic E-state index is 0.177. The minimum atomic E-state index is -0.177. The average molecular weight is 377 g/mol. The number of hydrogen-bond acceptors (Lipinski definition) is 5. The number of pyridine rings is 1. The Bertz CT molecular complexity index is 993. The molecular formula is C21H23N5O2. The SMILES string of the molecule is C=CC(=O)N(C)c1cnc2nc(N3CCOCC3)n(Cc3ccccc3)c2c1. The van der Waals surface area contributed by atoms with Gasteiger partial charge in [0, 0.05) is 20.1 Å². The molecule has 0 unspecified atom stereocenters. The van der Waals surface area contributed by atoms with Crippen molar-refractivity contribution in [3.05, 3.63) is 60.8 Å². The summed E-state index contributed by atoms with van der Waals surface area (Å²) in [6.45, 7) is 7.19. The van der Waals surface area contributed by atoms with Crippen LogP contribution in [0.25, 0.3) is 11.2 Å². The summed E-state index contributed by atoms with van der Waals surface area (Å²) in [7, 11) is 1.72. The molecule has 0 bridgehead atoms. The zero-order valence-corrected chi connectivity index (χ0v) is 15.9. The van der Waals surface area contributed by atoms with Crippen LogP contribution in [0.3, 0.4) is 0 Å². The van der Waals surface area contributed by atoms with Crippen LogP contribution in [0.15, 0.2) is 55.3 Å². The fraction of sp³-hybridized carbons (Fsp3) is 0.286. The predicted octanol–water partition coefficient (Wildman–Crippen LogP) is 2.46. The van der Waals surface area contributed by atoms with Gasteiger partial charge in [-0.3, -0.25) is 4.79 Å². The van der Waals surface area contributed by atoms with Crippen LogP contribution in [0.5, 0.6) is 0 Å². The van der Waals surface area contributed by atoms with Crippen molar-refractivity contribution in [2.75, 3.05) is 43.2 Å². The number of nitrogens with zero attached hydrogens (tertiary/aromatic N) is 5. The van der Waals surface area contributed by atoms with Gasteiger partial charge in [-0.2, -0.15) is 4.98 Å². The maximum Gasteiger partial charge on any atom is 0.250 e. The first kappa shape index (κ1) is 18.2. The van der Waals surface area contributed by atoms with Crippen molar-refractivity contribution < 1.29 is 9.53 Å². The van der Waals surface area contributed by atoms with Gasteiger partial charge in [0.1, 0.15) is 0 Å². The molecule has 0 saturated carbocycles. The van der Waals surface area contributed by atoms with E-state index in [2.05, 4.69) is 33.2 Å². The lowest BCUT2D eigenvalue weighted by Gasteiger charge is -2.28. The monoisotopic (exact) mass is 377 g/mol. The number of hydrogen-bond donors (Lipinski definition) is 0. The highest BCUT2D eigenvalue weighted by molar-refractivity contribution is 6.01. The zero-order valence-electron chi connectivity index (χ0n) is 15.9. The lowest BCUT2D eigenvalue weighted by Crippen LogP contribution is -2.38. The van der Waals surface area contributed by atoms with Gasteiger partial charge in [0.25, 0.3) is 0 Å². The largest absolute Gasteiger partial charge is 0.378 e. The van der Waals surface area contributed by atoms with E-state index in [9.17, 15) is 4.79 Å². The molecule has 0 aliphatic carbocycles. The van der Waals surface area contributed by atoms with Gasteiger partial charge < -0.3 is 19.1 Å². The molecule has 0 atom stereocenters. The molecule has 7 heteroatoms. The summed E-state index contributed by atoms with van der Waals surface area (Å²) in [6, 6.07) is 12.2. The van der Waals surface area contributed by atoms with Crippen LogP contribution in [0, 0.1) is 0 Å². The van der Waals surface area contributed by atoms with Crippen LogP contribution in [0.1, 0.15) is 5.56 Å². The lowest BCUT2D eigenvalue weighted by molar-refractivity contribution is -0.113. The second-order valence-corrected chi connectivity index (χ2v) is 6.72. The van der Waals surface area contributed by atoms with Gasteiger partial charge in [0.2, 0.25) is 11.9 Å². The third-order valence-corrected chi connectivity index (χ3v) is 4.94. The molecular weight excluding hydrogens is 354 g/mol. The van der Waals surface area contributed by atoms with E-state index in [0.717, 1.165) is 24.6 Å². The number of anilines is 2. The van der Waals surface area contributed by atoms with Gasteiger partial charge in [0.15, 0.2) is 5.65 Å². The smallest absolute Gasteiger partial charge is 0.250 e. The van der Waals surface area contributed by atoms with Crippen molar-refractivity contribution >= 4 is 28.7 Å². The van der Waals surface area contributed by atoms with E-state index in [1.54, 1.807) is 13.2 Å². The second-order valence-electron chi connectivity index (χ2n) is 6.72. The highest BCUT2D eigenvalue weighted by Gasteiger charge is 2.21. The number of aromatic nitrogens is 3. The van der Waals surface area contributed by atoms with E-state index in [4.69, 9.17) is 9.72 Å². The van der Waals surface area contributed by atoms with Gasteiger partial charge in [-0.25, -0.2) is 4.98 Å². The molecule has 0 radical (unpaired) electrons. The van der Waals surface area contributed by atoms with Crippen LogP contribution in [-0.4, -0.2) is 53.8 Å². The molecule has 2 aromatic heterocycles.